The number of nitrogens with zero attached hydrogens (tertiary/aromatic N) is 6. The van der Waals surface area contributed by atoms with Crippen molar-refractivity contribution >= 4 is 57.3 Å². The van der Waals surface area contributed by atoms with Gasteiger partial charge in [0, 0.05) is 51.9 Å². The third-order valence-electron chi connectivity index (χ3n) is 10.4. The highest BCUT2D eigenvalue weighted by molar-refractivity contribution is 5.90. The van der Waals surface area contributed by atoms with Crippen molar-refractivity contribution in [1.82, 2.24) is 18.9 Å². The number of amides is 2. The van der Waals surface area contributed by atoms with Crippen LogP contribution in [0, 0.1) is 23.3 Å². The van der Waals surface area contributed by atoms with Gasteiger partial charge in [-0.1, -0.05) is 0 Å². The predicted octanol–water partition coefficient (Wildman–Crippen LogP) is 4.29. The number of hydrogen-bond acceptors (Lipinski definition) is 10. The van der Waals surface area contributed by atoms with Gasteiger partial charge in [-0.05, 0) is 44.7 Å². The molecule has 4 aliphatic rings. The van der Waals surface area contributed by atoms with E-state index in [0.717, 1.165) is 24.5 Å². The van der Waals surface area contributed by atoms with E-state index in [-0.39, 0.29) is 83.3 Å². The van der Waals surface area contributed by atoms with Crippen LogP contribution in [-0.4, -0.2) is 106 Å². The van der Waals surface area contributed by atoms with E-state index in [2.05, 4.69) is 9.47 Å². The highest BCUT2D eigenvalue weighted by Gasteiger charge is 2.34. The van der Waals surface area contributed by atoms with Gasteiger partial charge in [-0.15, -0.1) is 0 Å². The smallest absolute Gasteiger partial charge is 0.449 e. The molecule has 0 radical (unpaired) electrons. The van der Waals surface area contributed by atoms with Crippen LogP contribution in [0.3, 0.4) is 0 Å². The molecule has 2 aliphatic heterocycles. The first-order chi connectivity index (χ1) is 27.1. The molecule has 57 heavy (non-hydrogen) atoms. The van der Waals surface area contributed by atoms with E-state index in [9.17, 15) is 37.5 Å². The molecular formula is C37H36F4N6O10. The van der Waals surface area contributed by atoms with Crippen molar-refractivity contribution in [3.8, 4) is 11.5 Å². The summed E-state index contributed by atoms with van der Waals surface area (Å²) < 4.78 is 72.5. The van der Waals surface area contributed by atoms with Crippen LogP contribution >= 0.6 is 0 Å². The number of carboxylic acid groups (broad SMARTS) is 2. The Morgan fingerprint density at radius 3 is 1.47 bits per heavy atom. The van der Waals surface area contributed by atoms with Crippen molar-refractivity contribution in [2.24, 2.45) is 0 Å². The summed E-state index contributed by atoms with van der Waals surface area (Å²) in [7, 11) is 1.61. The molecule has 2 aliphatic carbocycles. The molecule has 2 aromatic carbocycles. The van der Waals surface area contributed by atoms with Crippen LogP contribution in [0.1, 0.15) is 44.7 Å². The number of carbonyl (C=O) groups excluding carboxylic acids is 2. The third-order valence-corrected chi connectivity index (χ3v) is 10.4. The van der Waals surface area contributed by atoms with E-state index < -0.39 is 57.9 Å². The average Bonchev–Trinajstić information content (AvgIpc) is 4.07. The first-order valence-electron chi connectivity index (χ1n) is 18.1. The minimum atomic E-state index is -1.69. The lowest BCUT2D eigenvalue weighted by molar-refractivity contribution is -0.131. The fraction of sp³-hybridized carbons (Fsp3) is 0.405. The lowest BCUT2D eigenvalue weighted by Gasteiger charge is -2.35. The first-order valence-corrected chi connectivity index (χ1v) is 18.1. The zero-order chi connectivity index (χ0) is 41.0. The molecule has 0 bridgehead atoms. The molecule has 2 saturated heterocycles. The number of anilines is 2. The number of halogens is 4. The van der Waals surface area contributed by atoms with E-state index in [1.807, 2.05) is 6.92 Å². The Kier molecular flexibility index (Phi) is 10.2. The molecule has 0 unspecified atom stereocenters. The quantitative estimate of drug-likeness (QED) is 0.200. The van der Waals surface area contributed by atoms with Crippen LogP contribution in [-0.2, 0) is 9.59 Å². The second kappa shape index (κ2) is 15.0. The number of likely N-dealkylation sites (N-methyl/N-ethyl adjacent to an activating group) is 2. The normalized spacial score (nSPS) is 17.2. The zero-order valence-electron chi connectivity index (χ0n) is 30.6. The van der Waals surface area contributed by atoms with Crippen molar-refractivity contribution in [3.63, 3.8) is 0 Å². The molecule has 0 spiro atoms. The number of benzene rings is 2. The maximum atomic E-state index is 15.5. The first kappa shape index (κ1) is 38.9. The molecule has 2 saturated carbocycles. The monoisotopic (exact) mass is 800 g/mol. The number of pyridine rings is 2. The summed E-state index contributed by atoms with van der Waals surface area (Å²) in [6, 6.07) is 1.49. The Hall–Kier alpha value is -6.34. The SMILES string of the molecule is CCN1CCN(c2c(F)cc3c(=O)c(OC(=O)O)cn(C4CC4)c3c2F)CC1=O.CN1CCN(c2c(F)cc3c(=O)c(OC(=O)O)cn(C4CC4)c3c2F)CC1=O. The number of piperazine rings is 2. The Labute approximate surface area is 319 Å². The molecule has 4 fully saturated rings. The van der Waals surface area contributed by atoms with Gasteiger partial charge in [0.15, 0.2) is 23.1 Å². The lowest BCUT2D eigenvalue weighted by atomic mass is 10.1. The lowest BCUT2D eigenvalue weighted by Crippen LogP contribution is -2.50. The minimum Gasteiger partial charge on any atom is -0.449 e. The van der Waals surface area contributed by atoms with Gasteiger partial charge in [-0.3, -0.25) is 19.2 Å². The van der Waals surface area contributed by atoms with Crippen LogP contribution in [0.5, 0.6) is 11.5 Å². The van der Waals surface area contributed by atoms with Crippen LogP contribution in [0.2, 0.25) is 0 Å². The number of rotatable bonds is 7. The van der Waals surface area contributed by atoms with Gasteiger partial charge < -0.3 is 48.4 Å². The van der Waals surface area contributed by atoms with Gasteiger partial charge in [-0.25, -0.2) is 27.2 Å². The summed E-state index contributed by atoms with van der Waals surface area (Å²) in [5.74, 6) is -5.38. The highest BCUT2D eigenvalue weighted by atomic mass is 19.1. The van der Waals surface area contributed by atoms with Gasteiger partial charge in [-0.2, -0.15) is 0 Å². The van der Waals surface area contributed by atoms with Crippen LogP contribution in [0.25, 0.3) is 21.8 Å². The summed E-state index contributed by atoms with van der Waals surface area (Å²) in [5.41, 5.74) is -2.77. The van der Waals surface area contributed by atoms with Gasteiger partial charge >= 0.3 is 12.3 Å². The van der Waals surface area contributed by atoms with Gasteiger partial charge in [0.1, 0.15) is 23.0 Å². The molecule has 2 amide bonds. The average molecular weight is 801 g/mol. The maximum Gasteiger partial charge on any atom is 0.511 e. The molecule has 16 nitrogen and oxygen atoms in total. The Morgan fingerprint density at radius 2 is 1.11 bits per heavy atom. The summed E-state index contributed by atoms with van der Waals surface area (Å²) in [6.07, 6.45) is 1.78. The number of carbonyl (C=O) groups is 4. The topological polar surface area (TPSA) is 184 Å². The fourth-order valence-electron chi connectivity index (χ4n) is 7.19. The number of aromatic nitrogens is 2. The molecule has 2 N–H and O–H groups in total. The number of fused-ring (bicyclic) bond motifs is 2. The maximum absolute atomic E-state index is 15.5. The fourth-order valence-corrected chi connectivity index (χ4v) is 7.19. The second-order valence-electron chi connectivity index (χ2n) is 14.1. The van der Waals surface area contributed by atoms with E-state index in [1.54, 1.807) is 11.9 Å². The Balaban J connectivity index is 0.000000174. The van der Waals surface area contributed by atoms with Crippen molar-refractivity contribution < 1.29 is 56.4 Å². The predicted molar refractivity (Wildman–Crippen MR) is 194 cm³/mol. The summed E-state index contributed by atoms with van der Waals surface area (Å²) in [4.78, 5) is 76.7. The Bertz CT molecular complexity index is 2480. The van der Waals surface area contributed by atoms with Crippen molar-refractivity contribution in [1.29, 1.82) is 0 Å². The van der Waals surface area contributed by atoms with Crippen LogP contribution in [0.4, 0.5) is 38.5 Å². The van der Waals surface area contributed by atoms with Gasteiger partial charge in [0.2, 0.25) is 22.7 Å². The molecule has 8 rings (SSSR count). The van der Waals surface area contributed by atoms with E-state index in [4.69, 9.17) is 10.2 Å². The molecular weight excluding hydrogens is 764 g/mol. The highest BCUT2D eigenvalue weighted by Crippen LogP contribution is 2.42. The number of ether oxygens (including phenoxy) is 2. The Morgan fingerprint density at radius 1 is 0.684 bits per heavy atom. The van der Waals surface area contributed by atoms with E-state index in [1.165, 1.54) is 23.8 Å². The second-order valence-corrected chi connectivity index (χ2v) is 14.1. The molecule has 0 atom stereocenters. The molecule has 4 heterocycles. The molecule has 302 valence electrons. The van der Waals surface area contributed by atoms with Crippen molar-refractivity contribution in [2.75, 3.05) is 62.7 Å². The number of hydrogen-bond donors (Lipinski definition) is 2. The van der Waals surface area contributed by atoms with Crippen molar-refractivity contribution in [3.05, 3.63) is 68.2 Å². The molecule has 2 aromatic heterocycles. The van der Waals surface area contributed by atoms with E-state index in [0.29, 0.717) is 45.3 Å². The largest absolute Gasteiger partial charge is 0.511 e. The summed E-state index contributed by atoms with van der Waals surface area (Å²) >= 11 is 0. The van der Waals surface area contributed by atoms with Gasteiger partial charge in [0.05, 0.1) is 47.3 Å². The summed E-state index contributed by atoms with van der Waals surface area (Å²) in [6.45, 7) is 3.16. The van der Waals surface area contributed by atoms with Gasteiger partial charge in [0.25, 0.3) is 0 Å². The molecule has 4 aromatic rings. The van der Waals surface area contributed by atoms with Crippen molar-refractivity contribution in [2.45, 2.75) is 44.7 Å². The standard InChI is InChI=1S/C19H19F2N3O5.C18H17F2N3O5/c1-2-22-5-6-23(9-14(22)25)17-12(20)7-11-16(15(17)21)24(10-3-4-10)8-13(18(11)26)29-19(27)28;1-21-4-5-22(8-13(21)24)16-11(19)6-10-15(14(16)20)23(9-2-3-9)7-12(17(10)25)28-18(26)27/h7-8,10H,2-6,9H2,1H3,(H,27,28);6-7,9H,2-5,8H2,1H3,(H,26,27). The van der Waals surface area contributed by atoms with E-state index >= 15 is 8.78 Å². The molecule has 20 heteroatoms. The summed E-state index contributed by atoms with van der Waals surface area (Å²) in [5, 5.41) is 17.1. The van der Waals surface area contributed by atoms with Crippen LogP contribution < -0.4 is 30.1 Å². The minimum absolute atomic E-state index is 0.114. The zero-order valence-corrected chi connectivity index (χ0v) is 30.6. The van der Waals surface area contributed by atoms with Crippen LogP contribution in [0.15, 0.2) is 34.1 Å². The third kappa shape index (κ3) is 7.38.